The second kappa shape index (κ2) is 6.77. The van der Waals surface area contributed by atoms with Crippen molar-refractivity contribution in [1.29, 1.82) is 0 Å². The highest BCUT2D eigenvalue weighted by atomic mass is 32.2. The van der Waals surface area contributed by atoms with E-state index in [0.29, 0.717) is 11.5 Å². The van der Waals surface area contributed by atoms with E-state index in [2.05, 4.69) is 4.98 Å². The van der Waals surface area contributed by atoms with Crippen molar-refractivity contribution in [1.82, 2.24) is 9.88 Å². The monoisotopic (exact) mass is 349 g/mol. The summed E-state index contributed by atoms with van der Waals surface area (Å²) < 4.78 is 0. The topological polar surface area (TPSA) is 96.5 Å². The highest BCUT2D eigenvalue weighted by Crippen LogP contribution is 2.40. The lowest BCUT2D eigenvalue weighted by Gasteiger charge is -2.48. The summed E-state index contributed by atoms with van der Waals surface area (Å²) in [5.74, 6) is -0.273. The van der Waals surface area contributed by atoms with E-state index in [0.717, 1.165) is 11.1 Å². The van der Waals surface area contributed by atoms with Crippen LogP contribution in [-0.4, -0.2) is 49.8 Å². The zero-order chi connectivity index (χ0) is 16.4. The number of aromatic nitrogens is 1. The van der Waals surface area contributed by atoms with Crippen LogP contribution in [0, 0.1) is 0 Å². The Morgan fingerprint density at radius 3 is 3.13 bits per heavy atom. The van der Waals surface area contributed by atoms with Gasteiger partial charge >= 0.3 is 5.97 Å². The summed E-state index contributed by atoms with van der Waals surface area (Å²) in [5, 5.41) is 11.1. The maximum atomic E-state index is 11.8. The number of aliphatic carboxylic acids is 1. The Bertz CT molecular complexity index is 690. The number of pyridine rings is 1. The maximum absolute atomic E-state index is 11.8. The molecule has 0 saturated carbocycles. The summed E-state index contributed by atoms with van der Waals surface area (Å²) in [4.78, 5) is 28.7. The average Bonchev–Trinajstić information content (AvgIpc) is 2.58. The summed E-state index contributed by atoms with van der Waals surface area (Å²) in [5.41, 5.74) is 7.55. The van der Waals surface area contributed by atoms with Crippen LogP contribution in [0.4, 0.5) is 0 Å². The number of fused-ring (bicyclic) bond motifs is 1. The van der Waals surface area contributed by atoms with Gasteiger partial charge in [-0.15, -0.1) is 23.5 Å². The van der Waals surface area contributed by atoms with Gasteiger partial charge in [0.25, 0.3) is 0 Å². The molecule has 3 N–H and O–H groups in total. The first kappa shape index (κ1) is 16.1. The molecule has 1 unspecified atom stereocenters. The first-order valence-electron chi connectivity index (χ1n) is 6.93. The lowest BCUT2D eigenvalue weighted by atomic mass is 10.0. The Kier molecular flexibility index (Phi) is 4.74. The van der Waals surface area contributed by atoms with Gasteiger partial charge in [0.1, 0.15) is 17.1 Å². The van der Waals surface area contributed by atoms with Crippen LogP contribution in [-0.2, 0) is 9.59 Å². The zero-order valence-electron chi connectivity index (χ0n) is 12.1. The van der Waals surface area contributed by atoms with Crippen LogP contribution in [0.15, 0.2) is 41.2 Å². The average molecular weight is 349 g/mol. The fraction of sp³-hybridized carbons (Fsp3) is 0.267. The minimum Gasteiger partial charge on any atom is -0.477 e. The molecule has 1 amide bonds. The van der Waals surface area contributed by atoms with Crippen molar-refractivity contribution in [2.75, 3.05) is 11.5 Å². The molecule has 0 aromatic carbocycles. The number of carbonyl (C=O) groups excluding carboxylic acids is 1. The molecule has 0 aliphatic carbocycles. The van der Waals surface area contributed by atoms with E-state index >= 15 is 0 Å². The van der Waals surface area contributed by atoms with Gasteiger partial charge in [0.2, 0.25) is 5.91 Å². The predicted octanol–water partition coefficient (Wildman–Crippen LogP) is 1.37. The standard InChI is InChI=1S/C15H15N3O3S2/c16-11-13(19)18-12(15(20)21)10(8-23-14(11)18)7-22-5-3-9-2-1-4-17-6-9/h1-6,11,14H,7-8,16H2,(H,20,21)/b5-3-/t11?,14-/m1/s1. The Morgan fingerprint density at radius 2 is 2.43 bits per heavy atom. The third kappa shape index (κ3) is 3.15. The molecule has 2 aliphatic heterocycles. The smallest absolute Gasteiger partial charge is 0.352 e. The lowest BCUT2D eigenvalue weighted by Crippen LogP contribution is -2.68. The molecule has 3 heterocycles. The molecule has 0 radical (unpaired) electrons. The Labute approximate surface area is 141 Å². The van der Waals surface area contributed by atoms with Gasteiger partial charge in [0, 0.05) is 23.9 Å². The molecule has 1 saturated heterocycles. The van der Waals surface area contributed by atoms with Crippen LogP contribution >= 0.6 is 23.5 Å². The first-order chi connectivity index (χ1) is 11.1. The van der Waals surface area contributed by atoms with Crippen LogP contribution in [0.2, 0.25) is 0 Å². The van der Waals surface area contributed by atoms with Crippen LogP contribution in [0.25, 0.3) is 6.08 Å². The normalized spacial score (nSPS) is 23.9. The van der Waals surface area contributed by atoms with Crippen LogP contribution in [0.5, 0.6) is 0 Å². The van der Waals surface area contributed by atoms with Crippen molar-refractivity contribution < 1.29 is 14.7 Å². The molecule has 3 rings (SSSR count). The highest BCUT2D eigenvalue weighted by Gasteiger charge is 2.51. The number of amides is 1. The molecule has 23 heavy (non-hydrogen) atoms. The summed E-state index contributed by atoms with van der Waals surface area (Å²) in [6.45, 7) is 0. The van der Waals surface area contributed by atoms with Gasteiger partial charge < -0.3 is 10.8 Å². The van der Waals surface area contributed by atoms with Gasteiger partial charge in [-0.3, -0.25) is 14.7 Å². The van der Waals surface area contributed by atoms with Crippen molar-refractivity contribution in [2.45, 2.75) is 11.4 Å². The number of nitrogens with zero attached hydrogens (tertiary/aromatic N) is 2. The van der Waals surface area contributed by atoms with Gasteiger partial charge in [-0.05, 0) is 28.7 Å². The number of nitrogens with two attached hydrogens (primary N) is 1. The number of carboxylic acid groups (broad SMARTS) is 1. The molecule has 0 bridgehead atoms. The van der Waals surface area contributed by atoms with E-state index < -0.39 is 12.0 Å². The zero-order valence-corrected chi connectivity index (χ0v) is 13.7. The fourth-order valence-corrected chi connectivity index (χ4v) is 4.65. The number of hydrogen-bond donors (Lipinski definition) is 2. The van der Waals surface area contributed by atoms with Crippen molar-refractivity contribution in [3.8, 4) is 0 Å². The van der Waals surface area contributed by atoms with Gasteiger partial charge in [-0.2, -0.15) is 0 Å². The molecule has 0 spiro atoms. The summed E-state index contributed by atoms with van der Waals surface area (Å²) in [7, 11) is 0. The molecule has 1 aromatic rings. The van der Waals surface area contributed by atoms with E-state index in [1.54, 1.807) is 12.4 Å². The van der Waals surface area contributed by atoms with E-state index in [1.165, 1.54) is 28.4 Å². The Morgan fingerprint density at radius 1 is 1.61 bits per heavy atom. The molecule has 120 valence electrons. The molecule has 1 fully saturated rings. The molecule has 6 nitrogen and oxygen atoms in total. The van der Waals surface area contributed by atoms with Crippen LogP contribution < -0.4 is 5.73 Å². The van der Waals surface area contributed by atoms with Gasteiger partial charge in [-0.25, -0.2) is 4.79 Å². The molecule has 2 atom stereocenters. The van der Waals surface area contributed by atoms with Crippen molar-refractivity contribution in [3.63, 3.8) is 0 Å². The Hall–Kier alpha value is -1.77. The van der Waals surface area contributed by atoms with Crippen LogP contribution in [0.3, 0.4) is 0 Å². The molecular weight excluding hydrogens is 334 g/mol. The third-order valence-electron chi connectivity index (χ3n) is 3.59. The summed E-state index contributed by atoms with van der Waals surface area (Å²) in [6.07, 6.45) is 5.38. The number of carboxylic acids is 1. The third-order valence-corrected chi connectivity index (χ3v) is 5.79. The second-order valence-corrected chi connectivity index (χ2v) is 7.09. The SMILES string of the molecule is NC1C(=O)N2C(C(=O)O)=C(CS/C=C\c3cccnc3)CS[C@H]12. The molecule has 8 heteroatoms. The number of rotatable bonds is 5. The molecule has 1 aromatic heterocycles. The summed E-state index contributed by atoms with van der Waals surface area (Å²) >= 11 is 3.01. The minimum atomic E-state index is -1.07. The summed E-state index contributed by atoms with van der Waals surface area (Å²) in [6, 6.07) is 3.20. The molecule has 2 aliphatic rings. The van der Waals surface area contributed by atoms with Crippen molar-refractivity contribution in [2.24, 2.45) is 5.73 Å². The predicted molar refractivity (Wildman–Crippen MR) is 91.5 cm³/mol. The fourth-order valence-electron chi connectivity index (χ4n) is 2.44. The van der Waals surface area contributed by atoms with E-state index in [9.17, 15) is 14.7 Å². The second-order valence-electron chi connectivity index (χ2n) is 5.09. The van der Waals surface area contributed by atoms with Gasteiger partial charge in [0.15, 0.2) is 0 Å². The first-order valence-corrected chi connectivity index (χ1v) is 9.03. The lowest BCUT2D eigenvalue weighted by molar-refractivity contribution is -0.147. The largest absolute Gasteiger partial charge is 0.477 e. The molecular formula is C15H15N3O3S2. The Balaban J connectivity index is 1.69. The van der Waals surface area contributed by atoms with Crippen molar-refractivity contribution in [3.05, 3.63) is 46.8 Å². The number of hydrogen-bond acceptors (Lipinski definition) is 6. The van der Waals surface area contributed by atoms with E-state index in [-0.39, 0.29) is 17.0 Å². The minimum absolute atomic E-state index is 0.0997. The van der Waals surface area contributed by atoms with E-state index in [1.807, 2.05) is 23.6 Å². The number of β-lactam (4-membered cyclic amide) rings is 1. The van der Waals surface area contributed by atoms with Crippen LogP contribution in [0.1, 0.15) is 5.56 Å². The quantitative estimate of drug-likeness (QED) is 0.775. The number of carbonyl (C=O) groups is 2. The highest BCUT2D eigenvalue weighted by molar-refractivity contribution is 8.02. The van der Waals surface area contributed by atoms with E-state index in [4.69, 9.17) is 5.73 Å². The number of thioether (sulfide) groups is 2. The van der Waals surface area contributed by atoms with Gasteiger partial charge in [0.05, 0.1) is 0 Å². The van der Waals surface area contributed by atoms with Crippen molar-refractivity contribution >= 4 is 41.5 Å². The maximum Gasteiger partial charge on any atom is 0.352 e. The van der Waals surface area contributed by atoms with Gasteiger partial charge in [-0.1, -0.05) is 6.07 Å².